The van der Waals surface area contributed by atoms with Crippen LogP contribution in [0.1, 0.15) is 33.3 Å². The standard InChI is InChI=1S/C19H25BrO6/c1-18(2)23-14-13(10-21-9-11-5-7-12(20)8-6-11)22-17-16(15(14)24-18)25-19(3,4)26-17/h5-8,13-17H,9-10H2,1-4H3/t13-,14+,15+,16-,17?/m1/s1. The van der Waals surface area contributed by atoms with Crippen LogP contribution in [0.15, 0.2) is 28.7 Å². The van der Waals surface area contributed by atoms with Crippen molar-refractivity contribution in [2.45, 2.75) is 76.6 Å². The fourth-order valence-corrected chi connectivity index (χ4v) is 3.97. The quantitative estimate of drug-likeness (QED) is 0.732. The molecule has 6 nitrogen and oxygen atoms in total. The lowest BCUT2D eigenvalue weighted by Gasteiger charge is -2.37. The van der Waals surface area contributed by atoms with Gasteiger partial charge in [-0.3, -0.25) is 0 Å². The number of benzene rings is 1. The van der Waals surface area contributed by atoms with Crippen LogP contribution >= 0.6 is 15.9 Å². The van der Waals surface area contributed by atoms with Crippen LogP contribution in [0.5, 0.6) is 0 Å². The lowest BCUT2D eigenvalue weighted by atomic mass is 9.99. The fourth-order valence-electron chi connectivity index (χ4n) is 3.70. The highest BCUT2D eigenvalue weighted by molar-refractivity contribution is 9.10. The summed E-state index contributed by atoms with van der Waals surface area (Å²) in [6.45, 7) is 8.46. The molecule has 3 aliphatic rings. The first kappa shape index (κ1) is 18.8. The van der Waals surface area contributed by atoms with Crippen LogP contribution in [0.2, 0.25) is 0 Å². The molecule has 7 heteroatoms. The molecule has 0 aliphatic carbocycles. The fraction of sp³-hybridized carbons (Fsp3) is 0.684. The maximum Gasteiger partial charge on any atom is 0.190 e. The zero-order valence-electron chi connectivity index (χ0n) is 15.4. The highest BCUT2D eigenvalue weighted by atomic mass is 79.9. The summed E-state index contributed by atoms with van der Waals surface area (Å²) in [6, 6.07) is 8.05. The molecule has 3 saturated heterocycles. The molecular weight excluding hydrogens is 404 g/mol. The van der Waals surface area contributed by atoms with Gasteiger partial charge in [-0.25, -0.2) is 0 Å². The maximum absolute atomic E-state index is 6.13. The molecule has 3 aliphatic heterocycles. The van der Waals surface area contributed by atoms with Crippen molar-refractivity contribution in [2.24, 2.45) is 0 Å². The second kappa shape index (κ2) is 6.81. The predicted octanol–water partition coefficient (Wildman–Crippen LogP) is 3.36. The van der Waals surface area contributed by atoms with Gasteiger partial charge in [-0.15, -0.1) is 0 Å². The first-order valence-electron chi connectivity index (χ1n) is 8.91. The summed E-state index contributed by atoms with van der Waals surface area (Å²) in [7, 11) is 0. The normalized spacial score (nSPS) is 37.3. The average Bonchev–Trinajstić information content (AvgIpc) is 3.03. The third-order valence-corrected chi connectivity index (χ3v) is 5.24. The van der Waals surface area contributed by atoms with Gasteiger partial charge in [-0.05, 0) is 45.4 Å². The summed E-state index contributed by atoms with van der Waals surface area (Å²) < 4.78 is 37.2. The van der Waals surface area contributed by atoms with Crippen LogP contribution in [-0.2, 0) is 35.0 Å². The first-order valence-corrected chi connectivity index (χ1v) is 9.71. The van der Waals surface area contributed by atoms with Crippen LogP contribution in [-0.4, -0.2) is 48.9 Å². The molecule has 0 amide bonds. The Morgan fingerprint density at radius 3 is 2.23 bits per heavy atom. The number of hydrogen-bond acceptors (Lipinski definition) is 6. The van der Waals surface area contributed by atoms with Crippen molar-refractivity contribution in [1.82, 2.24) is 0 Å². The molecule has 1 aromatic carbocycles. The monoisotopic (exact) mass is 428 g/mol. The summed E-state index contributed by atoms with van der Waals surface area (Å²) in [5, 5.41) is 0. The molecular formula is C19H25BrO6. The van der Waals surface area contributed by atoms with Crippen molar-refractivity contribution >= 4 is 15.9 Å². The van der Waals surface area contributed by atoms with Crippen LogP contribution in [0, 0.1) is 0 Å². The highest BCUT2D eigenvalue weighted by Gasteiger charge is 2.60. The van der Waals surface area contributed by atoms with Gasteiger partial charge in [-0.2, -0.15) is 0 Å². The van der Waals surface area contributed by atoms with Crippen LogP contribution in [0.4, 0.5) is 0 Å². The molecule has 0 saturated carbocycles. The Morgan fingerprint density at radius 2 is 1.50 bits per heavy atom. The molecule has 0 aromatic heterocycles. The topological polar surface area (TPSA) is 55.4 Å². The summed E-state index contributed by atoms with van der Waals surface area (Å²) >= 11 is 3.44. The lowest BCUT2D eigenvalue weighted by molar-refractivity contribution is -0.243. The molecule has 4 rings (SSSR count). The van der Waals surface area contributed by atoms with E-state index in [2.05, 4.69) is 15.9 Å². The molecule has 0 bridgehead atoms. The van der Waals surface area contributed by atoms with Gasteiger partial charge in [0.1, 0.15) is 24.4 Å². The molecule has 0 N–H and O–H groups in total. The van der Waals surface area contributed by atoms with E-state index in [1.165, 1.54) is 0 Å². The van der Waals surface area contributed by atoms with Crippen molar-refractivity contribution in [1.29, 1.82) is 0 Å². The molecule has 1 unspecified atom stereocenters. The van der Waals surface area contributed by atoms with E-state index in [0.29, 0.717) is 13.2 Å². The van der Waals surface area contributed by atoms with Crippen LogP contribution in [0.25, 0.3) is 0 Å². The van der Waals surface area contributed by atoms with Crippen LogP contribution < -0.4 is 0 Å². The van der Waals surface area contributed by atoms with Crippen molar-refractivity contribution < 1.29 is 28.4 Å². The van der Waals surface area contributed by atoms with Gasteiger partial charge in [0, 0.05) is 4.47 Å². The van der Waals surface area contributed by atoms with E-state index >= 15 is 0 Å². The number of rotatable bonds is 4. The van der Waals surface area contributed by atoms with Gasteiger partial charge in [0.25, 0.3) is 0 Å². The number of halogens is 1. The maximum atomic E-state index is 6.13. The molecule has 3 heterocycles. The summed E-state index contributed by atoms with van der Waals surface area (Å²) in [6.07, 6.45) is -1.57. The molecule has 1 aromatic rings. The predicted molar refractivity (Wildman–Crippen MR) is 96.3 cm³/mol. The van der Waals surface area contributed by atoms with E-state index in [1.807, 2.05) is 52.0 Å². The minimum atomic E-state index is -0.705. The molecule has 3 fully saturated rings. The van der Waals surface area contributed by atoms with Crippen molar-refractivity contribution in [2.75, 3.05) is 6.61 Å². The zero-order chi connectivity index (χ0) is 18.5. The van der Waals surface area contributed by atoms with Gasteiger partial charge >= 0.3 is 0 Å². The van der Waals surface area contributed by atoms with Gasteiger partial charge in [0.15, 0.2) is 17.9 Å². The molecule has 0 spiro atoms. The Labute approximate surface area is 162 Å². The van der Waals surface area contributed by atoms with Crippen molar-refractivity contribution in [3.8, 4) is 0 Å². The van der Waals surface area contributed by atoms with E-state index < -0.39 is 17.9 Å². The minimum absolute atomic E-state index is 0.244. The molecule has 0 radical (unpaired) electrons. The van der Waals surface area contributed by atoms with Crippen molar-refractivity contribution in [3.05, 3.63) is 34.3 Å². The third kappa shape index (κ3) is 3.85. The Balaban J connectivity index is 1.43. The van der Waals surface area contributed by atoms with E-state index in [-0.39, 0.29) is 24.4 Å². The Hall–Kier alpha value is -0.540. The molecule has 5 atom stereocenters. The Kier molecular flexibility index (Phi) is 4.93. The largest absolute Gasteiger partial charge is 0.374 e. The summed E-state index contributed by atoms with van der Waals surface area (Å²) in [4.78, 5) is 0. The van der Waals surface area contributed by atoms with E-state index in [9.17, 15) is 0 Å². The van der Waals surface area contributed by atoms with E-state index in [4.69, 9.17) is 28.4 Å². The first-order chi connectivity index (χ1) is 12.2. The van der Waals surface area contributed by atoms with E-state index in [1.54, 1.807) is 0 Å². The third-order valence-electron chi connectivity index (χ3n) is 4.71. The van der Waals surface area contributed by atoms with Gasteiger partial charge in [0.05, 0.1) is 13.2 Å². The number of ether oxygens (including phenoxy) is 6. The zero-order valence-corrected chi connectivity index (χ0v) is 17.0. The van der Waals surface area contributed by atoms with Gasteiger partial charge in [-0.1, -0.05) is 28.1 Å². The second-order valence-corrected chi connectivity index (χ2v) is 8.77. The van der Waals surface area contributed by atoms with Gasteiger partial charge < -0.3 is 28.4 Å². The van der Waals surface area contributed by atoms with E-state index in [0.717, 1.165) is 10.0 Å². The molecule has 26 heavy (non-hydrogen) atoms. The molecule has 144 valence electrons. The average molecular weight is 429 g/mol. The van der Waals surface area contributed by atoms with Crippen LogP contribution in [0.3, 0.4) is 0 Å². The minimum Gasteiger partial charge on any atom is -0.374 e. The number of fused-ring (bicyclic) bond motifs is 3. The Bertz CT molecular complexity index is 646. The summed E-state index contributed by atoms with van der Waals surface area (Å²) in [5.74, 6) is -1.39. The van der Waals surface area contributed by atoms with Crippen molar-refractivity contribution in [3.63, 3.8) is 0 Å². The SMILES string of the molecule is CC1(C)O[C@@H]2[C@H](O1)[C@H]1OC(C)(C)OC1O[C@@H]2COCc1ccc(Br)cc1. The second-order valence-electron chi connectivity index (χ2n) is 7.85. The lowest BCUT2D eigenvalue weighted by Crippen LogP contribution is -2.56. The number of hydrogen-bond donors (Lipinski definition) is 0. The smallest absolute Gasteiger partial charge is 0.190 e. The van der Waals surface area contributed by atoms with Gasteiger partial charge in [0.2, 0.25) is 0 Å². The Morgan fingerprint density at radius 1 is 0.885 bits per heavy atom. The summed E-state index contributed by atoms with van der Waals surface area (Å²) in [5.41, 5.74) is 1.10. The highest BCUT2D eigenvalue weighted by Crippen LogP contribution is 2.44.